The number of unbranched alkanes of at least 4 members (excludes halogenated alkanes) is 6. The Hall–Kier alpha value is -4.24. The maximum absolute atomic E-state index is 12.7. The van der Waals surface area contributed by atoms with Crippen molar-refractivity contribution in [2.75, 3.05) is 6.61 Å². The van der Waals surface area contributed by atoms with Gasteiger partial charge in [-0.25, -0.2) is 9.78 Å². The molecular formula is C41H54N4O5. The Kier molecular flexibility index (Phi) is 12.0. The van der Waals surface area contributed by atoms with Crippen LogP contribution < -0.4 is 0 Å². The van der Waals surface area contributed by atoms with Gasteiger partial charge in [0.15, 0.2) is 0 Å². The van der Waals surface area contributed by atoms with Crippen LogP contribution in [0.3, 0.4) is 0 Å². The number of nitrogens with zero attached hydrogens (tertiary/aromatic N) is 2. The number of rotatable bonds is 15. The third-order valence-electron chi connectivity index (χ3n) is 10.8. The topological polar surface area (TPSA) is 141 Å². The van der Waals surface area contributed by atoms with Crippen molar-refractivity contribution in [1.82, 2.24) is 19.9 Å². The summed E-state index contributed by atoms with van der Waals surface area (Å²) in [5.74, 6) is -2.21. The maximum Gasteiger partial charge on any atom is 0.338 e. The highest BCUT2D eigenvalue weighted by molar-refractivity contribution is 6.24. The Morgan fingerprint density at radius 2 is 1.44 bits per heavy atom. The second-order valence-corrected chi connectivity index (χ2v) is 14.1. The Labute approximate surface area is 295 Å². The number of hydrogen-bond donors (Lipinski definition) is 4. The van der Waals surface area contributed by atoms with E-state index in [2.05, 4.69) is 56.7 Å². The van der Waals surface area contributed by atoms with Crippen molar-refractivity contribution in [3.05, 3.63) is 68.8 Å². The van der Waals surface area contributed by atoms with Gasteiger partial charge in [-0.3, -0.25) is 9.78 Å². The fourth-order valence-electron chi connectivity index (χ4n) is 7.62. The molecule has 2 atom stereocenters. The van der Waals surface area contributed by atoms with E-state index in [4.69, 9.17) is 14.7 Å². The first-order valence-electron chi connectivity index (χ1n) is 18.4. The van der Waals surface area contributed by atoms with E-state index >= 15 is 0 Å². The van der Waals surface area contributed by atoms with Crippen molar-refractivity contribution in [1.29, 1.82) is 0 Å². The maximum atomic E-state index is 12.7. The van der Waals surface area contributed by atoms with Crippen LogP contribution in [0.15, 0.2) is 18.2 Å². The van der Waals surface area contributed by atoms with Gasteiger partial charge in [-0.1, -0.05) is 59.3 Å². The molecule has 0 saturated heterocycles. The monoisotopic (exact) mass is 682 g/mol. The number of aromatic amines is 2. The van der Waals surface area contributed by atoms with Gasteiger partial charge in [0.25, 0.3) is 0 Å². The molecule has 5 heterocycles. The first-order chi connectivity index (χ1) is 24.0. The van der Waals surface area contributed by atoms with Crippen molar-refractivity contribution >= 4 is 45.2 Å². The van der Waals surface area contributed by atoms with Gasteiger partial charge in [-0.15, -0.1) is 0 Å². The molecule has 0 aliphatic carbocycles. The van der Waals surface area contributed by atoms with Gasteiger partial charge in [0.2, 0.25) is 0 Å². The van der Waals surface area contributed by atoms with E-state index in [1.807, 2.05) is 13.0 Å². The van der Waals surface area contributed by atoms with E-state index in [1.54, 1.807) is 6.92 Å². The van der Waals surface area contributed by atoms with Gasteiger partial charge in [-0.2, -0.15) is 0 Å². The second kappa shape index (κ2) is 16.2. The Bertz CT molecular complexity index is 1950. The summed E-state index contributed by atoms with van der Waals surface area (Å²) < 4.78 is 6.30. The summed E-state index contributed by atoms with van der Waals surface area (Å²) in [5.41, 5.74) is 12.2. The van der Waals surface area contributed by atoms with Crippen LogP contribution in [0, 0.1) is 20.8 Å². The summed E-state index contributed by atoms with van der Waals surface area (Å²) >= 11 is 0. The predicted molar refractivity (Wildman–Crippen MR) is 200 cm³/mol. The molecule has 268 valence electrons. The standard InChI is InChI=1S/C41H54N4O5/c1-8-10-11-12-13-14-15-18-50-22-30-25(5)31-19-33-24(4)29(16-17-37(46)47)39(44-33)27(7)40-38(41(48)49)26(6)34(45-40)21-35-28(9-2)23(3)32(42-35)20-36(30)43-31/h19-21,24,29,42-43H,8-18,22H2,1-7H3,(H,46,47)(H,48,49)/t24-,29-/m0/s1. The van der Waals surface area contributed by atoms with Crippen molar-refractivity contribution in [3.63, 3.8) is 0 Å². The minimum absolute atomic E-state index is 0.0121. The molecule has 8 bridgehead atoms. The average Bonchev–Trinajstić information content (AvgIpc) is 3.76. The molecule has 9 nitrogen and oxygen atoms in total. The van der Waals surface area contributed by atoms with E-state index in [9.17, 15) is 19.8 Å². The number of ether oxygens (including phenoxy) is 1. The fraction of sp³-hybridized carbons (Fsp3) is 0.512. The third-order valence-corrected chi connectivity index (χ3v) is 10.8. The molecule has 3 aromatic heterocycles. The highest BCUT2D eigenvalue weighted by Crippen LogP contribution is 2.43. The van der Waals surface area contributed by atoms with Gasteiger partial charge in [-0.05, 0) is 93.0 Å². The number of hydrogen-bond acceptors (Lipinski definition) is 5. The van der Waals surface area contributed by atoms with E-state index in [0.717, 1.165) is 62.9 Å². The molecule has 0 saturated carbocycles. The van der Waals surface area contributed by atoms with Gasteiger partial charge < -0.3 is 24.9 Å². The molecule has 0 unspecified atom stereocenters. The predicted octanol–water partition coefficient (Wildman–Crippen LogP) is 9.84. The number of aryl methyl sites for hydroxylation is 3. The lowest BCUT2D eigenvalue weighted by molar-refractivity contribution is -0.137. The summed E-state index contributed by atoms with van der Waals surface area (Å²) in [5, 5.41) is 20.0. The number of fused-ring (bicyclic) bond motifs is 8. The van der Waals surface area contributed by atoms with Crippen LogP contribution in [0.1, 0.15) is 148 Å². The zero-order valence-corrected chi connectivity index (χ0v) is 30.9. The zero-order chi connectivity index (χ0) is 36.1. The molecule has 9 heteroatoms. The SMILES string of the molecule is CCCCCCCCCOCc1c(C)c2cc3nc(c(C)c4nc(cc5[nH]c(cc1[nH]2)c(C)c5CC)C(C)=C4C(=O)O)[C@@H](CCC(=O)O)[C@@H]3C. The second-order valence-electron chi connectivity index (χ2n) is 14.1. The van der Waals surface area contributed by atoms with Crippen LogP contribution in [-0.2, 0) is 27.4 Å². The third kappa shape index (κ3) is 7.73. The molecule has 0 fully saturated rings. The van der Waals surface area contributed by atoms with Crippen molar-refractivity contribution in [2.24, 2.45) is 0 Å². The van der Waals surface area contributed by atoms with Crippen molar-refractivity contribution < 1.29 is 24.5 Å². The zero-order valence-electron chi connectivity index (χ0n) is 30.9. The number of nitrogens with one attached hydrogen (secondary N) is 2. The number of allylic oxidation sites excluding steroid dienone is 1. The van der Waals surface area contributed by atoms with Gasteiger partial charge in [0, 0.05) is 63.9 Å². The van der Waals surface area contributed by atoms with E-state index in [-0.39, 0.29) is 23.8 Å². The molecule has 0 radical (unpaired) electrons. The quantitative estimate of drug-likeness (QED) is 0.117. The van der Waals surface area contributed by atoms with Crippen LogP contribution in [0.2, 0.25) is 0 Å². The normalized spacial score (nSPS) is 16.0. The van der Waals surface area contributed by atoms with E-state index < -0.39 is 11.9 Å². The molecule has 5 rings (SSSR count). The van der Waals surface area contributed by atoms with E-state index in [0.29, 0.717) is 47.9 Å². The molecule has 4 N–H and O–H groups in total. The molecule has 2 aliphatic rings. The van der Waals surface area contributed by atoms with Gasteiger partial charge in [0.1, 0.15) is 0 Å². The summed E-state index contributed by atoms with van der Waals surface area (Å²) in [7, 11) is 0. The number of aliphatic carboxylic acids is 2. The summed E-state index contributed by atoms with van der Waals surface area (Å²) in [6.45, 7) is 15.5. The molecule has 0 amide bonds. The number of carboxylic acid groups (broad SMARTS) is 2. The highest BCUT2D eigenvalue weighted by atomic mass is 16.5. The van der Waals surface area contributed by atoms with Crippen LogP contribution in [0.25, 0.3) is 33.2 Å². The Balaban J connectivity index is 1.71. The first-order valence-corrected chi connectivity index (χ1v) is 18.4. The van der Waals surface area contributed by atoms with Crippen LogP contribution in [-0.4, -0.2) is 48.7 Å². The lowest BCUT2D eigenvalue weighted by atomic mass is 9.85. The highest BCUT2D eigenvalue weighted by Gasteiger charge is 2.33. The minimum Gasteiger partial charge on any atom is -0.481 e. The summed E-state index contributed by atoms with van der Waals surface area (Å²) in [6, 6.07) is 6.18. The molecule has 3 aromatic rings. The van der Waals surface area contributed by atoms with Crippen molar-refractivity contribution in [3.8, 4) is 0 Å². The van der Waals surface area contributed by atoms with Crippen LogP contribution in [0.4, 0.5) is 0 Å². The fourth-order valence-corrected chi connectivity index (χ4v) is 7.62. The Morgan fingerprint density at radius 1 is 0.800 bits per heavy atom. The van der Waals surface area contributed by atoms with Gasteiger partial charge >= 0.3 is 11.9 Å². The van der Waals surface area contributed by atoms with Crippen molar-refractivity contribution in [2.45, 2.75) is 131 Å². The summed E-state index contributed by atoms with van der Waals surface area (Å²) in [4.78, 5) is 41.8. The smallest absolute Gasteiger partial charge is 0.338 e. The average molecular weight is 683 g/mol. The molecular weight excluding hydrogens is 628 g/mol. The van der Waals surface area contributed by atoms with Crippen LogP contribution in [0.5, 0.6) is 0 Å². The lowest BCUT2D eigenvalue weighted by Gasteiger charge is -2.16. The Morgan fingerprint density at radius 3 is 2.10 bits per heavy atom. The first kappa shape index (κ1) is 37.0. The minimum atomic E-state index is -1.05. The lowest BCUT2D eigenvalue weighted by Crippen LogP contribution is -2.08. The number of carbonyl (C=O) groups is 2. The molecule has 50 heavy (non-hydrogen) atoms. The van der Waals surface area contributed by atoms with E-state index in [1.165, 1.54) is 38.5 Å². The molecule has 0 spiro atoms. The number of aromatic nitrogens is 4. The van der Waals surface area contributed by atoms with Crippen LogP contribution >= 0.6 is 0 Å². The molecule has 2 aliphatic heterocycles. The molecule has 0 aromatic carbocycles. The van der Waals surface area contributed by atoms with Gasteiger partial charge in [0.05, 0.1) is 23.6 Å². The largest absolute Gasteiger partial charge is 0.481 e. The number of H-pyrrole nitrogens is 2. The summed E-state index contributed by atoms with van der Waals surface area (Å²) in [6.07, 6.45) is 9.80. The number of carboxylic acids is 2.